The highest BCUT2D eigenvalue weighted by molar-refractivity contribution is 7.24. The molecule has 0 unspecified atom stereocenters. The van der Waals surface area contributed by atoms with Crippen molar-refractivity contribution < 1.29 is 57.6 Å². The Hall–Kier alpha value is -10.5. The third-order valence-corrected chi connectivity index (χ3v) is 15.7. The fourth-order valence-electron chi connectivity index (χ4n) is 10.6. The molecule has 1 aliphatic rings. The number of hydrogen-bond donors (Lipinski definition) is 8. The van der Waals surface area contributed by atoms with Crippen LogP contribution in [0.25, 0.3) is 20.2 Å². The summed E-state index contributed by atoms with van der Waals surface area (Å²) in [6.07, 6.45) is -1.15. The number of aliphatic carboxylic acids is 3. The lowest BCUT2D eigenvalue weighted by Gasteiger charge is -2.20. The molecular formula is C81H131N20O9S+. The van der Waals surface area contributed by atoms with E-state index >= 15 is 0 Å². The van der Waals surface area contributed by atoms with Crippen LogP contribution >= 0.6 is 11.3 Å². The lowest BCUT2D eigenvalue weighted by molar-refractivity contribution is -0.471. The van der Waals surface area contributed by atoms with E-state index in [1.54, 1.807) is 60.7 Å². The van der Waals surface area contributed by atoms with Gasteiger partial charge in [-0.3, -0.25) is 52.3 Å². The Morgan fingerprint density at radius 1 is 0.387 bits per heavy atom. The maximum atomic E-state index is 12.6. The molecular weight excluding hydrogens is 1430 g/mol. The topological polar surface area (TPSA) is 342 Å². The summed E-state index contributed by atoms with van der Waals surface area (Å²) in [5.41, 5.74) is 1.91. The summed E-state index contributed by atoms with van der Waals surface area (Å²) in [5, 5.41) is 60.0. The Morgan fingerprint density at radius 3 is 1.00 bits per heavy atom. The number of nitrogens with one attached hydrogen (secondary N) is 8. The van der Waals surface area contributed by atoms with Gasteiger partial charge in [-0.05, 0) is 146 Å². The van der Waals surface area contributed by atoms with Crippen molar-refractivity contribution in [1.82, 2.24) is 62.1 Å². The van der Waals surface area contributed by atoms with Gasteiger partial charge in [0.15, 0.2) is 17.0 Å². The van der Waals surface area contributed by atoms with Gasteiger partial charge in [-0.1, -0.05) is 60.7 Å². The lowest BCUT2D eigenvalue weighted by atomic mass is 9.81. The molecule has 0 radical (unpaired) electrons. The van der Waals surface area contributed by atoms with Crippen molar-refractivity contribution in [2.45, 2.75) is 178 Å². The van der Waals surface area contributed by atoms with E-state index in [0.29, 0.717) is 67.5 Å². The number of carbonyl (C=O) groups is 5. The van der Waals surface area contributed by atoms with Gasteiger partial charge in [-0.15, -0.1) is 11.3 Å². The molecule has 111 heavy (non-hydrogen) atoms. The van der Waals surface area contributed by atoms with Crippen molar-refractivity contribution in [2.75, 3.05) is 113 Å². The van der Waals surface area contributed by atoms with Gasteiger partial charge >= 0.3 is 23.8 Å². The van der Waals surface area contributed by atoms with Crippen molar-refractivity contribution in [2.24, 2.45) is 20.0 Å². The highest BCUT2D eigenvalue weighted by Crippen LogP contribution is 2.31. The summed E-state index contributed by atoms with van der Waals surface area (Å²) in [7, 11) is 32.1. The minimum Gasteiger partial charge on any atom is -0.550 e. The molecule has 29 nitrogen and oxygen atoms in total. The smallest absolute Gasteiger partial charge is 0.354 e. The second-order valence-electron chi connectivity index (χ2n) is 30.2. The van der Waals surface area contributed by atoms with Crippen LogP contribution in [-0.2, 0) is 33.6 Å². The van der Waals surface area contributed by atoms with E-state index in [2.05, 4.69) is 173 Å². The van der Waals surface area contributed by atoms with E-state index in [4.69, 9.17) is 0 Å². The first-order valence-electron chi connectivity index (χ1n) is 37.2. The maximum Gasteiger partial charge on any atom is 0.354 e. The number of hydrogen-bond acceptors (Lipinski definition) is 14. The highest BCUT2D eigenvalue weighted by atomic mass is 32.1. The molecule has 0 spiro atoms. The number of carboxylic acids is 3. The number of aliphatic imine (C=N–C) groups is 4. The number of carboxylic acid groups (broad SMARTS) is 3. The molecule has 0 saturated heterocycles. The van der Waals surface area contributed by atoms with Crippen LogP contribution in [0.1, 0.15) is 159 Å². The van der Waals surface area contributed by atoms with E-state index in [1.165, 1.54) is 29.5 Å². The van der Waals surface area contributed by atoms with Crippen LogP contribution in [0.15, 0.2) is 104 Å². The predicted molar refractivity (Wildman–Crippen MR) is 451 cm³/mol. The molecule has 1 heterocycles. The van der Waals surface area contributed by atoms with Crippen LogP contribution in [0.5, 0.6) is 0 Å². The number of guanidine groups is 8. The van der Waals surface area contributed by atoms with Crippen molar-refractivity contribution in [3.05, 3.63) is 128 Å². The SMILES string of the molecule is CC(C)N=C(NC(N(C)C)=[N+](C)C)NC(C)C.CC(C)N=C(NC(N(C)C)=[N+](C)C)NC(C)C.CC(C)N=C(NC(N(C)C)=[N+](C)C)NC(C)C.CC(C)N=C(NC(N(C)C)=[N+](C)C)NC(C)C.O=C([O-])Cc1cc(CC(=O)[O-])c2sc3ccccc3c(=O)c2c1.O=C([O-])Cc1cccc2c1C(=O)c1ccccc1C2=O. The van der Waals surface area contributed by atoms with Gasteiger partial charge in [0.1, 0.15) is 0 Å². The molecule has 0 saturated carbocycles. The third-order valence-electron chi connectivity index (χ3n) is 14.4. The van der Waals surface area contributed by atoms with Gasteiger partial charge in [0.05, 0.1) is 113 Å². The number of benzene rings is 4. The van der Waals surface area contributed by atoms with Gasteiger partial charge < -0.3 is 51.0 Å². The molecule has 6 rings (SSSR count). The van der Waals surface area contributed by atoms with Crippen LogP contribution in [0, 0.1) is 0 Å². The molecule has 0 atom stereocenters. The summed E-state index contributed by atoms with van der Waals surface area (Å²) in [6.45, 7) is 33.3. The molecule has 0 fully saturated rings. The Kier molecular flexibility index (Phi) is 42.8. The van der Waals surface area contributed by atoms with E-state index in [1.807, 2.05) is 151 Å². The fourth-order valence-corrected chi connectivity index (χ4v) is 11.7. The molecule has 8 N–H and O–H groups in total. The largest absolute Gasteiger partial charge is 0.550 e. The molecule has 30 heteroatoms. The zero-order valence-corrected chi connectivity index (χ0v) is 73.0. The molecule has 5 aromatic rings. The molecule has 0 aliphatic heterocycles. The number of rotatable bonds is 14. The number of ketones is 2. The zero-order chi connectivity index (χ0) is 85.2. The molecule has 1 aromatic heterocycles. The monoisotopic (exact) mass is 1560 g/mol. The minimum absolute atomic E-state index is 0.181. The first kappa shape index (κ1) is 98.5. The van der Waals surface area contributed by atoms with Gasteiger partial charge in [-0.25, -0.2) is 41.2 Å². The predicted octanol–water partition coefficient (Wildman–Crippen LogP) is 2.87. The van der Waals surface area contributed by atoms with Gasteiger partial charge in [0.25, 0.3) is 23.8 Å². The first-order valence-corrected chi connectivity index (χ1v) is 38.0. The van der Waals surface area contributed by atoms with Gasteiger partial charge in [-0.2, -0.15) is 0 Å². The van der Waals surface area contributed by atoms with Crippen LogP contribution in [0.2, 0.25) is 0 Å². The van der Waals surface area contributed by atoms with E-state index < -0.39 is 17.9 Å². The van der Waals surface area contributed by atoms with E-state index in [-0.39, 0.29) is 71.6 Å². The van der Waals surface area contributed by atoms with Crippen molar-refractivity contribution in [3.8, 4) is 0 Å². The number of carbonyl (C=O) groups excluding carboxylic acids is 5. The fraction of sp³-hybridized carbons (Fsp3) is 0.531. The highest BCUT2D eigenvalue weighted by Gasteiger charge is 2.31. The molecule has 1 aliphatic carbocycles. The zero-order valence-electron chi connectivity index (χ0n) is 72.2. The standard InChI is InChI=1S/C17H12O5S.C16H10O4.4C12H27N5/c18-14(19)7-9-5-10(8-15(20)21)17-12(6-9)16(22)11-3-1-2-4-13(11)23-17;17-13(18)8-9-4-3-7-12-14(9)16(20)11-6-2-1-5-10(11)15(12)19;4*1-9(2)13-11(14-10(3)4)15-12(16(5)6)17(7)8/h1-6H,7-8H2,(H,18,19)(H,20,21);1-7H,8H2,(H,17,18);4*9-10H,1-8H3,(H,13,14)/p+1. The van der Waals surface area contributed by atoms with Crippen molar-refractivity contribution >= 4 is 109 Å². The van der Waals surface area contributed by atoms with E-state index in [9.17, 15) is 44.1 Å². The number of nitrogens with zero attached hydrogens (tertiary/aromatic N) is 12. The van der Waals surface area contributed by atoms with Gasteiger partial charge in [0, 0.05) is 128 Å². The summed E-state index contributed by atoms with van der Waals surface area (Å²) >= 11 is 1.31. The van der Waals surface area contributed by atoms with Crippen molar-refractivity contribution in [3.63, 3.8) is 0 Å². The molecule has 614 valence electrons. The molecule has 0 amide bonds. The van der Waals surface area contributed by atoms with Gasteiger partial charge in [0.2, 0.25) is 0 Å². The second kappa shape index (κ2) is 48.2. The van der Waals surface area contributed by atoms with Crippen LogP contribution < -0.4 is 63.3 Å². The Labute approximate surface area is 664 Å². The van der Waals surface area contributed by atoms with Crippen molar-refractivity contribution in [1.29, 1.82) is 0 Å². The molecule has 0 bridgehead atoms. The third kappa shape index (κ3) is 36.3. The Balaban J connectivity index is 0.000000670. The number of fused-ring (bicyclic) bond motifs is 4. The van der Waals surface area contributed by atoms with Crippen LogP contribution in [0.4, 0.5) is 0 Å². The first-order chi connectivity index (χ1) is 51.5. The summed E-state index contributed by atoms with van der Waals surface area (Å²) < 4.78 is 9.39. The Bertz CT molecular complexity index is 4000. The average Bonchev–Trinajstić information content (AvgIpc) is 0.766. The second-order valence-corrected chi connectivity index (χ2v) is 31.2. The Morgan fingerprint density at radius 2 is 0.694 bits per heavy atom. The maximum absolute atomic E-state index is 12.6. The van der Waals surface area contributed by atoms with Crippen LogP contribution in [0.3, 0.4) is 0 Å². The summed E-state index contributed by atoms with van der Waals surface area (Å²) in [4.78, 5) is 96.4. The quantitative estimate of drug-likeness (QED) is 0.0336. The normalized spacial score (nSPS) is 11.8. The van der Waals surface area contributed by atoms with E-state index in [0.717, 1.165) is 52.4 Å². The molecule has 4 aromatic carbocycles. The summed E-state index contributed by atoms with van der Waals surface area (Å²) in [5.74, 6) is 2.81. The van der Waals surface area contributed by atoms with Crippen LogP contribution in [-0.4, -0.2) is 276 Å². The minimum atomic E-state index is -1.29. The lowest BCUT2D eigenvalue weighted by Crippen LogP contribution is -2.51. The summed E-state index contributed by atoms with van der Waals surface area (Å²) in [6, 6.07) is 23.7. The average molecular weight is 1560 g/mol.